The fourth-order valence-electron chi connectivity index (χ4n) is 0.627. The maximum atomic E-state index is 11.8. The van der Waals surface area contributed by atoms with Gasteiger partial charge in [-0.1, -0.05) is 30.3 Å². The molecule has 0 spiro atoms. The van der Waals surface area contributed by atoms with Crippen LogP contribution in [0.25, 0.3) is 0 Å². The van der Waals surface area contributed by atoms with E-state index in [0.29, 0.717) is 0 Å². The summed E-state index contributed by atoms with van der Waals surface area (Å²) in [6.07, 6.45) is -4.21. The number of hydrogen-bond donors (Lipinski definition) is 2. The van der Waals surface area contributed by atoms with E-state index in [0.717, 1.165) is 18.8 Å². The minimum absolute atomic E-state index is 0.602. The fourth-order valence-corrected chi connectivity index (χ4v) is 0.627. The highest BCUT2D eigenvalue weighted by atomic mass is 32.2. The first-order valence-electron chi connectivity index (χ1n) is 4.26. The van der Waals surface area contributed by atoms with E-state index in [2.05, 4.69) is 0 Å². The summed E-state index contributed by atoms with van der Waals surface area (Å²) in [5.41, 5.74) is -0.602. The lowest BCUT2D eigenvalue weighted by molar-refractivity contribution is -0.137. The lowest BCUT2D eigenvalue weighted by Gasteiger charge is -2.03. The Hall–Kier alpha value is -1.22. The summed E-state index contributed by atoms with van der Waals surface area (Å²) < 4.78 is 70.0. The zero-order valence-corrected chi connectivity index (χ0v) is 11.1. The maximum Gasteiger partial charge on any atom is 0.425 e. The molecule has 0 bridgehead atoms. The van der Waals surface area contributed by atoms with Crippen LogP contribution >= 0.6 is 7.60 Å². The van der Waals surface area contributed by atoms with E-state index in [1.54, 1.807) is 6.07 Å². The van der Waals surface area contributed by atoms with Gasteiger partial charge >= 0.3 is 24.4 Å². The molecule has 19 heavy (non-hydrogen) atoms. The number of benzene rings is 1. The first kappa shape index (κ1) is 20.1. The van der Waals surface area contributed by atoms with Crippen molar-refractivity contribution in [3.05, 3.63) is 35.9 Å². The van der Waals surface area contributed by atoms with Crippen molar-refractivity contribution in [2.75, 3.05) is 6.66 Å². The minimum Gasteiger partial charge on any atom is -0.325 e. The van der Waals surface area contributed by atoms with Crippen LogP contribution in [0.1, 0.15) is 5.56 Å². The van der Waals surface area contributed by atoms with Crippen molar-refractivity contribution in [3.63, 3.8) is 0 Å². The molecule has 0 fully saturated rings. The van der Waals surface area contributed by atoms with Crippen LogP contribution in [0.15, 0.2) is 30.3 Å². The Bertz CT molecular complexity index is 491. The van der Waals surface area contributed by atoms with Crippen LogP contribution in [0, 0.1) is 0 Å². The largest absolute Gasteiger partial charge is 0.425 e. The van der Waals surface area contributed by atoms with Crippen LogP contribution in [0.3, 0.4) is 0 Å². The van der Waals surface area contributed by atoms with Gasteiger partial charge in [0.05, 0.1) is 5.56 Å². The van der Waals surface area contributed by atoms with Crippen LogP contribution in [-0.4, -0.2) is 29.1 Å². The molecule has 1 aromatic carbocycles. The highest BCUT2D eigenvalue weighted by molar-refractivity contribution is 7.59. The second-order valence-corrected chi connectivity index (χ2v) is 4.98. The first-order chi connectivity index (χ1) is 8.34. The van der Waals surface area contributed by atoms with Crippen molar-refractivity contribution in [2.45, 2.75) is 6.18 Å². The summed E-state index contributed by atoms with van der Waals surface area (Å²) in [7, 11) is -6.75. The molecule has 1 aromatic rings. The van der Waals surface area contributed by atoms with E-state index in [4.69, 9.17) is 22.4 Å². The summed E-state index contributed by atoms with van der Waals surface area (Å²) >= 11 is 0. The molecule has 0 heterocycles. The van der Waals surface area contributed by atoms with Crippen molar-refractivity contribution >= 4 is 18.2 Å². The van der Waals surface area contributed by atoms with Gasteiger partial charge in [0.2, 0.25) is 0 Å². The summed E-state index contributed by atoms with van der Waals surface area (Å²) in [5.74, 6) is 0. The second-order valence-electron chi connectivity index (χ2n) is 2.90. The zero-order valence-electron chi connectivity index (χ0n) is 9.40. The van der Waals surface area contributed by atoms with E-state index in [9.17, 15) is 17.7 Å². The Morgan fingerprint density at radius 2 is 1.32 bits per heavy atom. The Balaban J connectivity index is 0. The van der Waals surface area contributed by atoms with E-state index in [-0.39, 0.29) is 0 Å². The Morgan fingerprint density at radius 3 is 1.47 bits per heavy atom. The number of hydrogen-bond acceptors (Lipinski definition) is 4. The standard InChI is InChI=1S/C7H5F3.CH5O3P.O3S/c8-7(9,10)6-4-2-1-3-5-6;1-5(2,3)4;1-4(2)3/h1-5H;1H3,(H2,2,3,4);. The average Bonchev–Trinajstić information content (AvgIpc) is 2.14. The quantitative estimate of drug-likeness (QED) is 0.701. The lowest BCUT2D eigenvalue weighted by atomic mass is 10.2. The smallest absolute Gasteiger partial charge is 0.325 e. The van der Waals surface area contributed by atoms with Crippen LogP contribution in [0.4, 0.5) is 13.2 Å². The molecule has 11 heteroatoms. The van der Waals surface area contributed by atoms with Gasteiger partial charge in [-0.2, -0.15) is 13.2 Å². The van der Waals surface area contributed by atoms with Crippen LogP contribution in [0.5, 0.6) is 0 Å². The molecule has 0 saturated carbocycles. The molecule has 0 atom stereocenters. The molecule has 0 saturated heterocycles. The average molecular weight is 322 g/mol. The van der Waals surface area contributed by atoms with Gasteiger partial charge < -0.3 is 9.79 Å². The van der Waals surface area contributed by atoms with Crippen molar-refractivity contribution < 1.29 is 40.1 Å². The van der Waals surface area contributed by atoms with Crippen molar-refractivity contribution in [1.82, 2.24) is 0 Å². The molecule has 0 amide bonds. The van der Waals surface area contributed by atoms with Gasteiger partial charge in [-0.15, -0.1) is 12.6 Å². The zero-order chi connectivity index (χ0) is 15.7. The van der Waals surface area contributed by atoms with Gasteiger partial charge in [-0.3, -0.25) is 4.57 Å². The predicted octanol–water partition coefficient (Wildman–Crippen LogP) is 1.50. The third kappa shape index (κ3) is 22.4. The van der Waals surface area contributed by atoms with Crippen LogP contribution in [-0.2, 0) is 21.4 Å². The highest BCUT2D eigenvalue weighted by Gasteiger charge is 2.29. The lowest BCUT2D eigenvalue weighted by Crippen LogP contribution is -2.03. The molecular formula is C8H10F3O6PS. The molecule has 2 N–H and O–H groups in total. The van der Waals surface area contributed by atoms with Gasteiger partial charge in [-0.25, -0.2) is 0 Å². The Labute approximate surface area is 108 Å². The van der Waals surface area contributed by atoms with Crippen LogP contribution in [0.2, 0.25) is 0 Å². The van der Waals surface area contributed by atoms with Crippen molar-refractivity contribution in [2.24, 2.45) is 0 Å². The monoisotopic (exact) mass is 322 g/mol. The van der Waals surface area contributed by atoms with Gasteiger partial charge in [0.15, 0.2) is 0 Å². The molecule has 1 rings (SSSR count). The summed E-state index contributed by atoms with van der Waals surface area (Å²) in [6, 6.07) is 6.36. The Kier molecular flexibility index (Phi) is 9.32. The second kappa shape index (κ2) is 8.81. The number of alkyl halides is 3. The summed E-state index contributed by atoms with van der Waals surface area (Å²) in [5, 5.41) is 0. The van der Waals surface area contributed by atoms with Crippen molar-refractivity contribution in [1.29, 1.82) is 0 Å². The van der Waals surface area contributed by atoms with Crippen LogP contribution < -0.4 is 0 Å². The third-order valence-electron chi connectivity index (χ3n) is 1.10. The normalized spacial score (nSPS) is 10.4. The molecule has 0 aliphatic rings. The Morgan fingerprint density at radius 1 is 1.05 bits per heavy atom. The topological polar surface area (TPSA) is 109 Å². The summed E-state index contributed by atoms with van der Waals surface area (Å²) in [4.78, 5) is 15.3. The molecule has 6 nitrogen and oxygen atoms in total. The number of halogens is 3. The minimum atomic E-state index is -4.21. The molecule has 0 aliphatic heterocycles. The SMILES string of the molecule is CP(=O)(O)O.FC(F)(F)c1ccccc1.O=S(=O)=O. The van der Waals surface area contributed by atoms with Crippen molar-refractivity contribution in [3.8, 4) is 0 Å². The molecular weight excluding hydrogens is 312 g/mol. The fraction of sp³-hybridized carbons (Fsp3) is 0.250. The van der Waals surface area contributed by atoms with Gasteiger partial charge in [0.25, 0.3) is 0 Å². The predicted molar refractivity (Wildman–Crippen MR) is 59.1 cm³/mol. The third-order valence-corrected chi connectivity index (χ3v) is 1.10. The first-order valence-corrected chi connectivity index (χ1v) is 7.32. The maximum absolute atomic E-state index is 11.8. The molecule has 0 aromatic heterocycles. The molecule has 0 aliphatic carbocycles. The van der Waals surface area contributed by atoms with E-state index in [1.807, 2.05) is 0 Å². The molecule has 0 unspecified atom stereocenters. The molecule has 0 radical (unpaired) electrons. The van der Waals surface area contributed by atoms with Gasteiger partial charge in [-0.05, 0) is 0 Å². The van der Waals surface area contributed by atoms with E-state index in [1.165, 1.54) is 12.1 Å². The number of rotatable bonds is 0. The highest BCUT2D eigenvalue weighted by Crippen LogP contribution is 2.28. The van der Waals surface area contributed by atoms with E-state index >= 15 is 0 Å². The van der Waals surface area contributed by atoms with Gasteiger partial charge in [0.1, 0.15) is 0 Å². The molecule has 110 valence electrons. The summed E-state index contributed by atoms with van der Waals surface area (Å²) in [6.45, 7) is 0.854. The van der Waals surface area contributed by atoms with Gasteiger partial charge in [0, 0.05) is 6.66 Å². The van der Waals surface area contributed by atoms with E-state index < -0.39 is 29.9 Å².